The van der Waals surface area contributed by atoms with Crippen molar-refractivity contribution in [1.29, 1.82) is 0 Å². The first-order chi connectivity index (χ1) is 13.1. The average molecular weight is 365 g/mol. The van der Waals surface area contributed by atoms with Gasteiger partial charge in [-0.1, -0.05) is 23.8 Å². The van der Waals surface area contributed by atoms with Gasteiger partial charge in [0, 0.05) is 35.4 Å². The highest BCUT2D eigenvalue weighted by molar-refractivity contribution is 5.94. The predicted molar refractivity (Wildman–Crippen MR) is 98.7 cm³/mol. The summed E-state index contributed by atoms with van der Waals surface area (Å²) >= 11 is 0. The Morgan fingerprint density at radius 2 is 2.04 bits per heavy atom. The van der Waals surface area contributed by atoms with Crippen LogP contribution < -0.4 is 0 Å². The Kier molecular flexibility index (Phi) is 4.71. The van der Waals surface area contributed by atoms with Crippen LogP contribution in [0, 0.1) is 12.7 Å². The summed E-state index contributed by atoms with van der Waals surface area (Å²) in [7, 11) is 0. The average Bonchev–Trinajstić information content (AvgIpc) is 3.18. The Hall–Kier alpha value is -3.02. The molecule has 1 fully saturated rings. The van der Waals surface area contributed by atoms with Crippen LogP contribution in [-0.2, 0) is 0 Å². The minimum Gasteiger partial charge on any atom is -0.341 e. The zero-order valence-electron chi connectivity index (χ0n) is 15.1. The number of halogens is 1. The van der Waals surface area contributed by atoms with E-state index in [0.29, 0.717) is 18.7 Å². The molecule has 1 amide bonds. The summed E-state index contributed by atoms with van der Waals surface area (Å²) in [5.41, 5.74) is 3.33. The van der Waals surface area contributed by atoms with Gasteiger partial charge in [0.2, 0.25) is 0 Å². The Morgan fingerprint density at radius 3 is 2.81 bits per heavy atom. The van der Waals surface area contributed by atoms with E-state index in [0.717, 1.165) is 35.4 Å². The molecule has 1 aromatic heterocycles. The number of likely N-dealkylation sites (tertiary alicyclic amines) is 1. The summed E-state index contributed by atoms with van der Waals surface area (Å²) in [5, 5.41) is 7.95. The van der Waals surface area contributed by atoms with Crippen LogP contribution >= 0.6 is 0 Å². The highest BCUT2D eigenvalue weighted by atomic mass is 19.1. The lowest BCUT2D eigenvalue weighted by atomic mass is 9.92. The van der Waals surface area contributed by atoms with Crippen LogP contribution in [0.15, 0.2) is 53.1 Å². The standard InChI is InChI=1S/C21H20FN3O2/c1-14-4-2-5-16(12-14)19-20(27-24-23-19)17-6-3-11-25(13-17)21(26)15-7-9-18(22)10-8-15/h2,4-5,7-10,12,17H,3,6,11,13H2,1H3. The molecule has 5 nitrogen and oxygen atoms in total. The summed E-state index contributed by atoms with van der Waals surface area (Å²) in [5.74, 6) is 0.314. The van der Waals surface area contributed by atoms with Crippen molar-refractivity contribution < 1.29 is 13.7 Å². The van der Waals surface area contributed by atoms with Crippen molar-refractivity contribution in [2.45, 2.75) is 25.7 Å². The van der Waals surface area contributed by atoms with E-state index < -0.39 is 0 Å². The zero-order valence-corrected chi connectivity index (χ0v) is 15.1. The minimum absolute atomic E-state index is 0.0358. The largest absolute Gasteiger partial charge is 0.341 e. The van der Waals surface area contributed by atoms with Crippen LogP contribution in [0.25, 0.3) is 11.3 Å². The van der Waals surface area contributed by atoms with Crippen molar-refractivity contribution in [2.75, 3.05) is 13.1 Å². The number of benzene rings is 2. The topological polar surface area (TPSA) is 59.2 Å². The third-order valence-electron chi connectivity index (χ3n) is 4.98. The van der Waals surface area contributed by atoms with Gasteiger partial charge in [-0.3, -0.25) is 4.79 Å². The van der Waals surface area contributed by atoms with Crippen molar-refractivity contribution >= 4 is 5.91 Å². The van der Waals surface area contributed by atoms with Crippen LogP contribution in [0.3, 0.4) is 0 Å². The first-order valence-corrected chi connectivity index (χ1v) is 9.06. The summed E-state index contributed by atoms with van der Waals surface area (Å²) in [6.07, 6.45) is 1.77. The van der Waals surface area contributed by atoms with Crippen molar-refractivity contribution in [3.63, 3.8) is 0 Å². The fourth-order valence-electron chi connectivity index (χ4n) is 3.61. The van der Waals surface area contributed by atoms with Crippen LogP contribution in [0.4, 0.5) is 4.39 Å². The van der Waals surface area contributed by atoms with Gasteiger partial charge in [-0.05, 0) is 50.1 Å². The molecule has 0 bridgehead atoms. The summed E-state index contributed by atoms with van der Waals surface area (Å²) in [4.78, 5) is 14.6. The highest BCUT2D eigenvalue weighted by Gasteiger charge is 2.30. The maximum Gasteiger partial charge on any atom is 0.253 e. The molecule has 1 unspecified atom stereocenters. The number of aryl methyl sites for hydroxylation is 1. The summed E-state index contributed by atoms with van der Waals surface area (Å²) in [6.45, 7) is 3.24. The maximum atomic E-state index is 13.1. The Morgan fingerprint density at radius 1 is 1.22 bits per heavy atom. The van der Waals surface area contributed by atoms with Gasteiger partial charge in [0.15, 0.2) is 5.76 Å². The fourth-order valence-corrected chi connectivity index (χ4v) is 3.61. The molecular weight excluding hydrogens is 345 g/mol. The molecule has 3 aromatic rings. The molecule has 1 atom stereocenters. The lowest BCUT2D eigenvalue weighted by Crippen LogP contribution is -2.39. The van der Waals surface area contributed by atoms with Crippen LogP contribution in [-0.4, -0.2) is 34.3 Å². The number of carbonyl (C=O) groups is 1. The van der Waals surface area contributed by atoms with E-state index in [4.69, 9.17) is 4.52 Å². The van der Waals surface area contributed by atoms with Crippen LogP contribution in [0.2, 0.25) is 0 Å². The van der Waals surface area contributed by atoms with E-state index in [9.17, 15) is 9.18 Å². The van der Waals surface area contributed by atoms with Gasteiger partial charge in [-0.25, -0.2) is 4.39 Å². The van der Waals surface area contributed by atoms with Crippen molar-refractivity contribution in [3.05, 3.63) is 71.2 Å². The molecule has 1 aliphatic heterocycles. The quantitative estimate of drug-likeness (QED) is 0.698. The van der Waals surface area contributed by atoms with Crippen molar-refractivity contribution in [1.82, 2.24) is 15.3 Å². The smallest absolute Gasteiger partial charge is 0.253 e. The number of piperidine rings is 1. The molecule has 1 saturated heterocycles. The van der Waals surface area contributed by atoms with E-state index in [1.807, 2.05) is 31.2 Å². The zero-order chi connectivity index (χ0) is 18.8. The third kappa shape index (κ3) is 3.60. The van der Waals surface area contributed by atoms with E-state index >= 15 is 0 Å². The number of hydrogen-bond donors (Lipinski definition) is 0. The molecule has 4 rings (SSSR count). The Bertz CT molecular complexity index is 952. The number of aromatic nitrogens is 2. The molecule has 0 N–H and O–H groups in total. The summed E-state index contributed by atoms with van der Waals surface area (Å²) < 4.78 is 18.6. The van der Waals surface area contributed by atoms with E-state index in [2.05, 4.69) is 10.4 Å². The fraction of sp³-hybridized carbons (Fsp3) is 0.286. The Labute approximate surface area is 156 Å². The molecule has 0 radical (unpaired) electrons. The Balaban J connectivity index is 1.56. The predicted octanol–water partition coefficient (Wildman–Crippen LogP) is 4.20. The van der Waals surface area contributed by atoms with Gasteiger partial charge in [0.25, 0.3) is 5.91 Å². The van der Waals surface area contributed by atoms with Crippen molar-refractivity contribution in [2.24, 2.45) is 0 Å². The number of carbonyl (C=O) groups excluding carboxylic acids is 1. The van der Waals surface area contributed by atoms with Crippen LogP contribution in [0.5, 0.6) is 0 Å². The van der Waals surface area contributed by atoms with Gasteiger partial charge in [0.05, 0.1) is 0 Å². The molecule has 2 heterocycles. The van der Waals surface area contributed by atoms with Gasteiger partial charge >= 0.3 is 0 Å². The first-order valence-electron chi connectivity index (χ1n) is 9.06. The minimum atomic E-state index is -0.349. The second-order valence-corrected chi connectivity index (χ2v) is 6.95. The first kappa shape index (κ1) is 17.4. The SMILES string of the molecule is Cc1cccc(-c2nnoc2C2CCCN(C(=O)c3ccc(F)cc3)C2)c1. The number of nitrogens with zero attached hydrogens (tertiary/aromatic N) is 3. The second kappa shape index (κ2) is 7.31. The molecule has 27 heavy (non-hydrogen) atoms. The lowest BCUT2D eigenvalue weighted by Gasteiger charge is -2.31. The number of rotatable bonds is 3. The molecule has 2 aromatic carbocycles. The molecule has 1 aliphatic rings. The molecule has 0 spiro atoms. The van der Waals surface area contributed by atoms with Gasteiger partial charge in [-0.15, -0.1) is 5.10 Å². The molecule has 138 valence electrons. The molecule has 6 heteroatoms. The monoisotopic (exact) mass is 365 g/mol. The number of amides is 1. The van der Waals surface area contributed by atoms with E-state index in [1.165, 1.54) is 24.3 Å². The number of hydrogen-bond acceptors (Lipinski definition) is 4. The van der Waals surface area contributed by atoms with Gasteiger partial charge in [0.1, 0.15) is 11.5 Å². The van der Waals surface area contributed by atoms with Gasteiger partial charge in [-0.2, -0.15) is 0 Å². The second-order valence-electron chi connectivity index (χ2n) is 6.95. The molecule has 0 aliphatic carbocycles. The highest BCUT2D eigenvalue weighted by Crippen LogP contribution is 2.33. The van der Waals surface area contributed by atoms with E-state index in [1.54, 1.807) is 4.90 Å². The third-order valence-corrected chi connectivity index (χ3v) is 4.98. The molecule has 0 saturated carbocycles. The van der Waals surface area contributed by atoms with E-state index in [-0.39, 0.29) is 17.6 Å². The molecular formula is C21H20FN3O2. The normalized spacial score (nSPS) is 17.1. The van der Waals surface area contributed by atoms with Gasteiger partial charge < -0.3 is 9.42 Å². The van der Waals surface area contributed by atoms with Crippen LogP contribution in [0.1, 0.15) is 40.4 Å². The summed E-state index contributed by atoms with van der Waals surface area (Å²) in [6, 6.07) is 13.7. The van der Waals surface area contributed by atoms with Crippen molar-refractivity contribution in [3.8, 4) is 11.3 Å². The maximum absolute atomic E-state index is 13.1. The lowest BCUT2D eigenvalue weighted by molar-refractivity contribution is 0.0697.